The summed E-state index contributed by atoms with van der Waals surface area (Å²) in [5.41, 5.74) is 17.0. The molecule has 54 heavy (non-hydrogen) atoms. The number of imidazole rings is 1. The Hall–Kier alpha value is -7.03. The third-order valence-corrected chi connectivity index (χ3v) is 12.0. The number of aromatic nitrogens is 2. The average molecular weight is 685 g/mol. The first-order valence-electron chi connectivity index (χ1n) is 18.7. The molecule has 0 fully saturated rings. The van der Waals surface area contributed by atoms with Crippen LogP contribution in [0.2, 0.25) is 0 Å². The zero-order valence-corrected chi connectivity index (χ0v) is 29.4. The monoisotopic (exact) mass is 684 g/mol. The van der Waals surface area contributed by atoms with Crippen LogP contribution in [0.25, 0.3) is 83.0 Å². The van der Waals surface area contributed by atoms with E-state index in [9.17, 15) is 0 Å². The van der Waals surface area contributed by atoms with Crippen LogP contribution in [-0.2, 0) is 5.41 Å². The highest BCUT2D eigenvalue weighted by Crippen LogP contribution is 2.65. The largest absolute Gasteiger partial charge is 0.292 e. The fraction of sp³-hybridized carbons (Fsp3) is 0.0192. The average Bonchev–Trinajstić information content (AvgIpc) is 3.88. The van der Waals surface area contributed by atoms with Crippen molar-refractivity contribution in [1.29, 1.82) is 0 Å². The number of fused-ring (bicyclic) bond motifs is 15. The molecule has 0 atom stereocenters. The molecule has 0 saturated carbocycles. The first-order valence-corrected chi connectivity index (χ1v) is 18.7. The second-order valence-electron chi connectivity index (χ2n) is 14.7. The Morgan fingerprint density at radius 2 is 1.06 bits per heavy atom. The molecule has 0 N–H and O–H groups in total. The molecule has 2 nitrogen and oxygen atoms in total. The number of hydrogen-bond donors (Lipinski definition) is 0. The van der Waals surface area contributed by atoms with Crippen LogP contribution in [0.4, 0.5) is 0 Å². The van der Waals surface area contributed by atoms with E-state index in [4.69, 9.17) is 4.98 Å². The smallest absolute Gasteiger partial charge is 0.145 e. The van der Waals surface area contributed by atoms with Crippen molar-refractivity contribution in [2.24, 2.45) is 0 Å². The lowest BCUT2D eigenvalue weighted by atomic mass is 9.69. The number of para-hydroxylation sites is 1. The van der Waals surface area contributed by atoms with E-state index in [1.165, 1.54) is 71.6 Å². The van der Waals surface area contributed by atoms with Crippen LogP contribution < -0.4 is 0 Å². The second kappa shape index (κ2) is 11.0. The molecule has 9 aromatic carbocycles. The van der Waals surface area contributed by atoms with Gasteiger partial charge in [-0.1, -0.05) is 164 Å². The molecule has 2 heteroatoms. The summed E-state index contributed by atoms with van der Waals surface area (Å²) in [6, 6.07) is 71.3. The molecule has 1 aromatic heterocycles. The summed E-state index contributed by atoms with van der Waals surface area (Å²) in [6.45, 7) is 0. The molecule has 10 aromatic rings. The standard InChI is InChI=1S/C52H32N2/c1-3-14-34(15-4-1)51-53-47-32-36(26-30-48(47)54(51)38-16-5-2-6-17-38)35-23-27-40-37(31-35)24-28-43-49-39-18-8-7-13-33(39)25-29-46(49)52(50(40)43)44-21-11-9-19-41(44)42-20-10-12-22-45(42)52/h1-32H. The van der Waals surface area contributed by atoms with Gasteiger partial charge in [0.15, 0.2) is 0 Å². The fourth-order valence-electron chi connectivity index (χ4n) is 9.80. The molecule has 1 heterocycles. The molecule has 0 amide bonds. The highest BCUT2D eigenvalue weighted by Gasteiger charge is 2.52. The molecule has 1 spiro atoms. The highest BCUT2D eigenvalue weighted by atomic mass is 15.1. The molecule has 0 unspecified atom stereocenters. The zero-order chi connectivity index (χ0) is 35.4. The Labute approximate surface area is 313 Å². The van der Waals surface area contributed by atoms with Gasteiger partial charge in [-0.05, 0) is 108 Å². The van der Waals surface area contributed by atoms with Crippen molar-refractivity contribution in [3.05, 3.63) is 216 Å². The summed E-state index contributed by atoms with van der Waals surface area (Å²) >= 11 is 0. The van der Waals surface area contributed by atoms with E-state index < -0.39 is 5.41 Å². The van der Waals surface area contributed by atoms with Crippen LogP contribution in [0.1, 0.15) is 22.3 Å². The maximum atomic E-state index is 5.26. The van der Waals surface area contributed by atoms with Crippen molar-refractivity contribution in [3.8, 4) is 50.5 Å². The fourth-order valence-corrected chi connectivity index (χ4v) is 9.80. The van der Waals surface area contributed by atoms with Gasteiger partial charge in [-0.2, -0.15) is 0 Å². The van der Waals surface area contributed by atoms with Gasteiger partial charge in [0.2, 0.25) is 0 Å². The van der Waals surface area contributed by atoms with Gasteiger partial charge in [-0.25, -0.2) is 4.98 Å². The Balaban J connectivity index is 1.09. The van der Waals surface area contributed by atoms with Crippen molar-refractivity contribution < 1.29 is 0 Å². The summed E-state index contributed by atoms with van der Waals surface area (Å²) < 4.78 is 2.27. The topological polar surface area (TPSA) is 17.8 Å². The van der Waals surface area contributed by atoms with Crippen LogP contribution >= 0.6 is 0 Å². The summed E-state index contributed by atoms with van der Waals surface area (Å²) in [5, 5.41) is 5.12. The predicted molar refractivity (Wildman–Crippen MR) is 223 cm³/mol. The summed E-state index contributed by atoms with van der Waals surface area (Å²) in [5.74, 6) is 0.942. The van der Waals surface area contributed by atoms with Gasteiger partial charge in [0.25, 0.3) is 0 Å². The van der Waals surface area contributed by atoms with E-state index >= 15 is 0 Å². The van der Waals surface area contributed by atoms with Crippen molar-refractivity contribution >= 4 is 32.6 Å². The lowest BCUT2D eigenvalue weighted by Gasteiger charge is -2.31. The van der Waals surface area contributed by atoms with E-state index in [0.29, 0.717) is 0 Å². The molecule has 2 aliphatic carbocycles. The van der Waals surface area contributed by atoms with Crippen LogP contribution in [-0.4, -0.2) is 9.55 Å². The van der Waals surface area contributed by atoms with Crippen molar-refractivity contribution in [2.45, 2.75) is 5.41 Å². The van der Waals surface area contributed by atoms with Gasteiger partial charge >= 0.3 is 0 Å². The molecule has 250 valence electrons. The Morgan fingerprint density at radius 1 is 0.407 bits per heavy atom. The molecular formula is C52H32N2. The first kappa shape index (κ1) is 29.5. The Kier molecular flexibility index (Phi) is 6.01. The van der Waals surface area contributed by atoms with E-state index in [2.05, 4.69) is 199 Å². The van der Waals surface area contributed by atoms with Crippen LogP contribution in [0.15, 0.2) is 194 Å². The van der Waals surface area contributed by atoms with E-state index in [1.54, 1.807) is 0 Å². The van der Waals surface area contributed by atoms with Crippen LogP contribution in [0, 0.1) is 0 Å². The van der Waals surface area contributed by atoms with Gasteiger partial charge in [-0.15, -0.1) is 0 Å². The lowest BCUT2D eigenvalue weighted by molar-refractivity contribution is 0.802. The van der Waals surface area contributed by atoms with Gasteiger partial charge in [0, 0.05) is 11.3 Å². The Morgan fingerprint density at radius 3 is 1.85 bits per heavy atom. The second-order valence-corrected chi connectivity index (χ2v) is 14.7. The van der Waals surface area contributed by atoms with Crippen molar-refractivity contribution in [3.63, 3.8) is 0 Å². The van der Waals surface area contributed by atoms with Crippen molar-refractivity contribution in [2.75, 3.05) is 0 Å². The van der Waals surface area contributed by atoms with E-state index in [1.807, 2.05) is 0 Å². The zero-order valence-electron chi connectivity index (χ0n) is 29.4. The molecule has 0 aliphatic heterocycles. The van der Waals surface area contributed by atoms with Crippen LogP contribution in [0.5, 0.6) is 0 Å². The maximum Gasteiger partial charge on any atom is 0.145 e. The number of nitrogens with zero attached hydrogens (tertiary/aromatic N) is 2. The maximum absolute atomic E-state index is 5.26. The molecule has 0 radical (unpaired) electrons. The molecule has 0 bridgehead atoms. The van der Waals surface area contributed by atoms with Gasteiger partial charge in [0.1, 0.15) is 5.82 Å². The normalized spacial score (nSPS) is 13.3. The minimum atomic E-state index is -0.417. The third kappa shape index (κ3) is 3.87. The number of benzene rings is 9. The summed E-state index contributed by atoms with van der Waals surface area (Å²) in [4.78, 5) is 5.26. The summed E-state index contributed by atoms with van der Waals surface area (Å²) in [6.07, 6.45) is 0. The third-order valence-electron chi connectivity index (χ3n) is 12.0. The minimum absolute atomic E-state index is 0.417. The molecule has 2 aliphatic rings. The lowest BCUT2D eigenvalue weighted by Crippen LogP contribution is -2.26. The van der Waals surface area contributed by atoms with E-state index in [0.717, 1.165) is 33.7 Å². The number of hydrogen-bond acceptors (Lipinski definition) is 1. The number of rotatable bonds is 3. The SMILES string of the molecule is c1ccc(-c2nc3cc(-c4ccc5c6c(ccc5c4)-c4c(ccc5ccccc45)C64c5ccccc5-c5ccccc54)ccc3n2-c2ccccc2)cc1. The quantitative estimate of drug-likeness (QED) is 0.181. The van der Waals surface area contributed by atoms with E-state index in [-0.39, 0.29) is 0 Å². The van der Waals surface area contributed by atoms with Gasteiger partial charge in [0.05, 0.1) is 16.4 Å². The Bertz CT molecular complexity index is 3110. The van der Waals surface area contributed by atoms with Gasteiger partial charge < -0.3 is 0 Å². The van der Waals surface area contributed by atoms with Crippen molar-refractivity contribution in [1.82, 2.24) is 9.55 Å². The molecule has 12 rings (SSSR count). The summed E-state index contributed by atoms with van der Waals surface area (Å²) in [7, 11) is 0. The molecular weight excluding hydrogens is 653 g/mol. The highest BCUT2D eigenvalue weighted by molar-refractivity contribution is 6.11. The predicted octanol–water partition coefficient (Wildman–Crippen LogP) is 13.0. The first-order chi connectivity index (χ1) is 26.8. The van der Waals surface area contributed by atoms with Crippen LogP contribution in [0.3, 0.4) is 0 Å². The molecule has 0 saturated heterocycles. The van der Waals surface area contributed by atoms with Gasteiger partial charge in [-0.3, -0.25) is 4.57 Å². The minimum Gasteiger partial charge on any atom is -0.292 e.